The van der Waals surface area contributed by atoms with E-state index in [1.165, 1.54) is 19.3 Å². The molecule has 3 aliphatic rings. The smallest absolute Gasteiger partial charge is 0.225 e. The molecule has 0 aromatic rings. The lowest BCUT2D eigenvalue weighted by molar-refractivity contribution is -0.137. The van der Waals surface area contributed by atoms with Crippen LogP contribution in [0.4, 0.5) is 0 Å². The van der Waals surface area contributed by atoms with Gasteiger partial charge in [-0.15, -0.1) is 24.0 Å². The minimum Gasteiger partial charge on any atom is -0.357 e. The predicted octanol–water partition coefficient (Wildman–Crippen LogP) is 2.32. The fourth-order valence-corrected chi connectivity index (χ4v) is 5.32. The van der Waals surface area contributed by atoms with Crippen LogP contribution < -0.4 is 5.32 Å². The number of halogens is 1. The van der Waals surface area contributed by atoms with E-state index in [2.05, 4.69) is 45.7 Å². The molecule has 2 aliphatic heterocycles. The summed E-state index contributed by atoms with van der Waals surface area (Å²) in [5.41, 5.74) is 0. The number of likely N-dealkylation sites (tertiary alicyclic amines) is 1. The van der Waals surface area contributed by atoms with Crippen LogP contribution in [0, 0.1) is 5.92 Å². The van der Waals surface area contributed by atoms with Crippen LogP contribution in [-0.2, 0) is 4.79 Å². The molecule has 0 radical (unpaired) electrons. The molecule has 1 aliphatic carbocycles. The van der Waals surface area contributed by atoms with Gasteiger partial charge in [-0.25, -0.2) is 0 Å². The number of aliphatic imine (C=N–C) groups is 1. The standard InChI is InChI=1S/C23H44N6O.HI/c1-4-24-23(29-13-11-21(19-29)27(5-2)6-3)25-12-14-26-15-17-28(18-16-26)22(30)20-9-7-8-10-20;/h20-21H,4-19H2,1-3H3,(H,24,25);1H. The predicted molar refractivity (Wildman–Crippen MR) is 139 cm³/mol. The Kier molecular flexibility index (Phi) is 11.9. The Morgan fingerprint density at radius 2 is 1.65 bits per heavy atom. The summed E-state index contributed by atoms with van der Waals surface area (Å²) >= 11 is 0. The lowest BCUT2D eigenvalue weighted by Gasteiger charge is -2.35. The van der Waals surface area contributed by atoms with Crippen molar-refractivity contribution in [1.29, 1.82) is 0 Å². The average Bonchev–Trinajstić information content (AvgIpc) is 3.47. The number of amides is 1. The van der Waals surface area contributed by atoms with Crippen LogP contribution in [-0.4, -0.2) is 110 Å². The number of nitrogens with zero attached hydrogens (tertiary/aromatic N) is 5. The van der Waals surface area contributed by atoms with Crippen LogP contribution in [0.15, 0.2) is 4.99 Å². The number of hydrogen-bond donors (Lipinski definition) is 1. The van der Waals surface area contributed by atoms with Crippen molar-refractivity contribution in [2.45, 2.75) is 58.9 Å². The van der Waals surface area contributed by atoms with Crippen molar-refractivity contribution >= 4 is 35.8 Å². The van der Waals surface area contributed by atoms with Gasteiger partial charge in [-0.3, -0.25) is 19.6 Å². The van der Waals surface area contributed by atoms with Crippen LogP contribution in [0.2, 0.25) is 0 Å². The van der Waals surface area contributed by atoms with Crippen LogP contribution in [0.5, 0.6) is 0 Å². The maximum absolute atomic E-state index is 12.6. The molecule has 1 atom stereocenters. The van der Waals surface area contributed by atoms with Gasteiger partial charge in [0.1, 0.15) is 0 Å². The van der Waals surface area contributed by atoms with Crippen LogP contribution in [0.25, 0.3) is 0 Å². The normalized spacial score (nSPS) is 23.5. The number of hydrogen-bond acceptors (Lipinski definition) is 4. The highest BCUT2D eigenvalue weighted by Crippen LogP contribution is 2.26. The molecule has 1 saturated carbocycles. The van der Waals surface area contributed by atoms with Gasteiger partial charge >= 0.3 is 0 Å². The Hall–Kier alpha value is -0.610. The molecule has 0 bridgehead atoms. The van der Waals surface area contributed by atoms with Gasteiger partial charge in [-0.05, 0) is 39.3 Å². The zero-order valence-electron chi connectivity index (χ0n) is 20.0. The lowest BCUT2D eigenvalue weighted by Crippen LogP contribution is -2.50. The SMILES string of the molecule is CCNC(=NCCN1CCN(C(=O)C2CCCC2)CC1)N1CCC(N(CC)CC)C1.I. The maximum Gasteiger partial charge on any atom is 0.225 e. The molecule has 2 heterocycles. The number of carbonyl (C=O) groups excluding carboxylic acids is 1. The second kappa shape index (κ2) is 13.8. The molecule has 8 heteroatoms. The fraction of sp³-hybridized carbons (Fsp3) is 0.913. The van der Waals surface area contributed by atoms with E-state index >= 15 is 0 Å². The van der Waals surface area contributed by atoms with E-state index in [0.29, 0.717) is 17.9 Å². The third kappa shape index (κ3) is 7.45. The molecule has 1 N–H and O–H groups in total. The Labute approximate surface area is 207 Å². The quantitative estimate of drug-likeness (QED) is 0.287. The first kappa shape index (κ1) is 26.6. The molecule has 7 nitrogen and oxygen atoms in total. The van der Waals surface area contributed by atoms with Gasteiger partial charge in [0.15, 0.2) is 5.96 Å². The summed E-state index contributed by atoms with van der Waals surface area (Å²) in [6.07, 6.45) is 5.90. The van der Waals surface area contributed by atoms with Crippen molar-refractivity contribution in [3.8, 4) is 0 Å². The molecule has 0 spiro atoms. The average molecular weight is 549 g/mol. The van der Waals surface area contributed by atoms with E-state index in [0.717, 1.165) is 90.8 Å². The third-order valence-corrected chi connectivity index (χ3v) is 7.19. The number of carbonyl (C=O) groups is 1. The Balaban J connectivity index is 0.00000341. The number of likely N-dealkylation sites (N-methyl/N-ethyl adjacent to an activating group) is 1. The minimum absolute atomic E-state index is 0. The van der Waals surface area contributed by atoms with Crippen molar-refractivity contribution in [3.05, 3.63) is 0 Å². The highest BCUT2D eigenvalue weighted by atomic mass is 127. The first-order valence-electron chi connectivity index (χ1n) is 12.4. The number of guanidine groups is 1. The van der Waals surface area contributed by atoms with E-state index in [4.69, 9.17) is 4.99 Å². The summed E-state index contributed by atoms with van der Waals surface area (Å²) in [6.45, 7) is 17.5. The maximum atomic E-state index is 12.6. The number of rotatable bonds is 8. The summed E-state index contributed by atoms with van der Waals surface area (Å²) in [6, 6.07) is 0.648. The largest absolute Gasteiger partial charge is 0.357 e. The summed E-state index contributed by atoms with van der Waals surface area (Å²) in [4.78, 5) is 27.1. The molecule has 3 rings (SSSR count). The van der Waals surface area contributed by atoms with Gasteiger partial charge in [0.05, 0.1) is 6.54 Å². The van der Waals surface area contributed by atoms with E-state index in [1.54, 1.807) is 0 Å². The van der Waals surface area contributed by atoms with E-state index < -0.39 is 0 Å². The minimum atomic E-state index is 0. The Morgan fingerprint density at radius 1 is 0.968 bits per heavy atom. The van der Waals surface area contributed by atoms with Gasteiger partial charge < -0.3 is 15.1 Å². The third-order valence-electron chi connectivity index (χ3n) is 7.19. The summed E-state index contributed by atoms with van der Waals surface area (Å²) in [5, 5.41) is 3.50. The van der Waals surface area contributed by atoms with E-state index in [9.17, 15) is 4.79 Å². The monoisotopic (exact) mass is 548 g/mol. The summed E-state index contributed by atoms with van der Waals surface area (Å²) < 4.78 is 0. The van der Waals surface area contributed by atoms with E-state index in [1.807, 2.05) is 0 Å². The van der Waals surface area contributed by atoms with Gasteiger partial charge in [0.25, 0.3) is 0 Å². The van der Waals surface area contributed by atoms with E-state index in [-0.39, 0.29) is 24.0 Å². The Bertz CT molecular complexity index is 556. The lowest BCUT2D eigenvalue weighted by atomic mass is 10.1. The van der Waals surface area contributed by atoms with Crippen molar-refractivity contribution in [2.24, 2.45) is 10.9 Å². The summed E-state index contributed by atoms with van der Waals surface area (Å²) in [7, 11) is 0. The summed E-state index contributed by atoms with van der Waals surface area (Å²) in [5.74, 6) is 1.79. The van der Waals surface area contributed by atoms with Crippen LogP contribution >= 0.6 is 24.0 Å². The zero-order chi connectivity index (χ0) is 21.3. The van der Waals surface area contributed by atoms with Gasteiger partial charge in [-0.1, -0.05) is 26.7 Å². The number of piperazine rings is 1. The van der Waals surface area contributed by atoms with Crippen molar-refractivity contribution in [1.82, 2.24) is 24.9 Å². The van der Waals surface area contributed by atoms with Crippen molar-refractivity contribution in [3.63, 3.8) is 0 Å². The molecule has 180 valence electrons. The molecular weight excluding hydrogens is 503 g/mol. The zero-order valence-corrected chi connectivity index (χ0v) is 22.4. The molecule has 2 saturated heterocycles. The topological polar surface area (TPSA) is 54.4 Å². The van der Waals surface area contributed by atoms with Crippen molar-refractivity contribution < 1.29 is 4.79 Å². The molecule has 0 aromatic heterocycles. The molecule has 1 amide bonds. The highest BCUT2D eigenvalue weighted by molar-refractivity contribution is 14.0. The second-order valence-corrected chi connectivity index (χ2v) is 8.99. The van der Waals surface area contributed by atoms with Gasteiger partial charge in [0, 0.05) is 64.3 Å². The molecule has 1 unspecified atom stereocenters. The second-order valence-electron chi connectivity index (χ2n) is 8.99. The Morgan fingerprint density at radius 3 is 2.26 bits per heavy atom. The molecule has 0 aromatic carbocycles. The van der Waals surface area contributed by atoms with Crippen LogP contribution in [0.3, 0.4) is 0 Å². The highest BCUT2D eigenvalue weighted by Gasteiger charge is 2.30. The molecular formula is C23H45IN6O. The van der Waals surface area contributed by atoms with Gasteiger partial charge in [-0.2, -0.15) is 0 Å². The molecule has 3 fully saturated rings. The van der Waals surface area contributed by atoms with Crippen molar-refractivity contribution in [2.75, 3.05) is 72.0 Å². The fourth-order valence-electron chi connectivity index (χ4n) is 5.32. The first-order chi connectivity index (χ1) is 14.7. The number of nitrogens with one attached hydrogen (secondary N) is 1. The molecule has 31 heavy (non-hydrogen) atoms. The first-order valence-corrected chi connectivity index (χ1v) is 12.4. The van der Waals surface area contributed by atoms with Crippen LogP contribution in [0.1, 0.15) is 52.9 Å². The van der Waals surface area contributed by atoms with Gasteiger partial charge in [0.2, 0.25) is 5.91 Å².